The molecule has 1 aliphatic rings. The van der Waals surface area contributed by atoms with Crippen LogP contribution in [-0.2, 0) is 4.79 Å². The van der Waals surface area contributed by atoms with Gasteiger partial charge in [-0.15, -0.1) is 0 Å². The van der Waals surface area contributed by atoms with Crippen LogP contribution in [0, 0.1) is 18.7 Å². The Morgan fingerprint density at radius 2 is 2.24 bits per heavy atom. The van der Waals surface area contributed by atoms with Crippen molar-refractivity contribution in [3.63, 3.8) is 0 Å². The third-order valence-corrected chi connectivity index (χ3v) is 3.97. The fourth-order valence-electron chi connectivity index (χ4n) is 2.21. The van der Waals surface area contributed by atoms with Gasteiger partial charge in [-0.25, -0.2) is 4.39 Å². The smallest absolute Gasteiger partial charge is 0.303 e. The molecule has 0 amide bonds. The topological polar surface area (TPSA) is 37.3 Å². The molecule has 1 aromatic rings. The van der Waals surface area contributed by atoms with E-state index in [1.54, 1.807) is 19.1 Å². The summed E-state index contributed by atoms with van der Waals surface area (Å²) >= 11 is 3.33. The molecular formula is C13H14BrFO2. The highest BCUT2D eigenvalue weighted by atomic mass is 79.9. The number of aliphatic carboxylic acids is 1. The van der Waals surface area contributed by atoms with E-state index in [2.05, 4.69) is 15.9 Å². The molecule has 1 fully saturated rings. The second-order valence-electron chi connectivity index (χ2n) is 4.63. The van der Waals surface area contributed by atoms with Crippen molar-refractivity contribution in [3.8, 4) is 0 Å². The maximum atomic E-state index is 14.1. The molecule has 0 bridgehead atoms. The Hall–Kier alpha value is -0.900. The van der Waals surface area contributed by atoms with Gasteiger partial charge in [-0.2, -0.15) is 0 Å². The van der Waals surface area contributed by atoms with Crippen LogP contribution in [0.25, 0.3) is 0 Å². The Kier molecular flexibility index (Phi) is 3.52. The first-order valence-electron chi connectivity index (χ1n) is 5.67. The Bertz CT molecular complexity index is 455. The average Bonchev–Trinajstić information content (AvgIpc) is 3.06. The number of hydrogen-bond acceptors (Lipinski definition) is 1. The minimum atomic E-state index is -0.866. The maximum absolute atomic E-state index is 14.1. The summed E-state index contributed by atoms with van der Waals surface area (Å²) in [5, 5.41) is 8.94. The van der Waals surface area contributed by atoms with Crippen molar-refractivity contribution in [2.24, 2.45) is 5.92 Å². The molecule has 0 spiro atoms. The zero-order chi connectivity index (χ0) is 12.6. The van der Waals surface area contributed by atoms with Gasteiger partial charge in [0.05, 0.1) is 6.42 Å². The Balaban J connectivity index is 2.41. The predicted molar refractivity (Wildman–Crippen MR) is 66.6 cm³/mol. The standard InChI is InChI=1S/C13H14BrFO2/c1-7-2-5-10(14)12(13(7)15)9(6-11(16)17)8-3-4-8/h2,5,8-9H,3-4,6H2,1H3,(H,16,17). The van der Waals surface area contributed by atoms with Crippen molar-refractivity contribution in [3.05, 3.63) is 33.5 Å². The van der Waals surface area contributed by atoms with Gasteiger partial charge < -0.3 is 5.11 Å². The number of benzene rings is 1. The molecule has 1 aromatic carbocycles. The summed E-state index contributed by atoms with van der Waals surface area (Å²) in [6.45, 7) is 1.70. The van der Waals surface area contributed by atoms with Crippen molar-refractivity contribution in [2.45, 2.75) is 32.1 Å². The zero-order valence-corrected chi connectivity index (χ0v) is 11.1. The first-order chi connectivity index (χ1) is 8.00. The van der Waals surface area contributed by atoms with E-state index in [4.69, 9.17) is 5.11 Å². The highest BCUT2D eigenvalue weighted by Gasteiger charge is 2.36. The molecular weight excluding hydrogens is 287 g/mol. The van der Waals surface area contributed by atoms with Crippen molar-refractivity contribution in [2.75, 3.05) is 0 Å². The largest absolute Gasteiger partial charge is 0.481 e. The number of carboxylic acid groups (broad SMARTS) is 1. The number of carbonyl (C=O) groups is 1. The van der Waals surface area contributed by atoms with Gasteiger partial charge in [-0.3, -0.25) is 4.79 Å². The molecule has 4 heteroatoms. The molecule has 1 N–H and O–H groups in total. The van der Waals surface area contributed by atoms with Gasteiger partial charge in [-0.1, -0.05) is 22.0 Å². The van der Waals surface area contributed by atoms with Gasteiger partial charge >= 0.3 is 5.97 Å². The second-order valence-corrected chi connectivity index (χ2v) is 5.49. The van der Waals surface area contributed by atoms with Gasteiger partial charge in [0.1, 0.15) is 5.82 Å². The van der Waals surface area contributed by atoms with Gasteiger partial charge in [0.25, 0.3) is 0 Å². The molecule has 17 heavy (non-hydrogen) atoms. The molecule has 1 aliphatic carbocycles. The molecule has 0 heterocycles. The first-order valence-corrected chi connectivity index (χ1v) is 6.46. The summed E-state index contributed by atoms with van der Waals surface area (Å²) in [5.74, 6) is -1.02. The van der Waals surface area contributed by atoms with E-state index in [-0.39, 0.29) is 18.2 Å². The summed E-state index contributed by atoms with van der Waals surface area (Å²) in [6, 6.07) is 3.50. The summed E-state index contributed by atoms with van der Waals surface area (Å²) in [6.07, 6.45) is 2.00. The first kappa shape index (κ1) is 12.6. The van der Waals surface area contributed by atoms with Gasteiger partial charge in [-0.05, 0) is 37.3 Å². The Morgan fingerprint density at radius 1 is 1.59 bits per heavy atom. The molecule has 2 nitrogen and oxygen atoms in total. The average molecular weight is 301 g/mol. The third-order valence-electron chi connectivity index (χ3n) is 3.28. The van der Waals surface area contributed by atoms with Crippen LogP contribution in [0.2, 0.25) is 0 Å². The normalized spacial score (nSPS) is 16.9. The second kappa shape index (κ2) is 4.77. The van der Waals surface area contributed by atoms with Gasteiger partial charge in [0.15, 0.2) is 0 Å². The van der Waals surface area contributed by atoms with Gasteiger partial charge in [0.2, 0.25) is 0 Å². The maximum Gasteiger partial charge on any atom is 0.303 e. The van der Waals surface area contributed by atoms with Crippen LogP contribution < -0.4 is 0 Å². The number of rotatable bonds is 4. The Morgan fingerprint density at radius 3 is 2.76 bits per heavy atom. The van der Waals surface area contributed by atoms with Crippen molar-refractivity contribution >= 4 is 21.9 Å². The number of aryl methyl sites for hydroxylation is 1. The van der Waals surface area contributed by atoms with Crippen LogP contribution in [0.15, 0.2) is 16.6 Å². The van der Waals surface area contributed by atoms with Crippen LogP contribution in [0.5, 0.6) is 0 Å². The molecule has 1 unspecified atom stereocenters. The fourth-order valence-corrected chi connectivity index (χ4v) is 2.81. The highest BCUT2D eigenvalue weighted by Crippen LogP contribution is 2.47. The van der Waals surface area contributed by atoms with Crippen molar-refractivity contribution in [1.29, 1.82) is 0 Å². The third kappa shape index (κ3) is 2.68. The summed E-state index contributed by atoms with van der Waals surface area (Å²) in [7, 11) is 0. The van der Waals surface area contributed by atoms with Gasteiger partial charge in [0, 0.05) is 16.0 Å². The van der Waals surface area contributed by atoms with E-state index in [0.29, 0.717) is 21.5 Å². The van der Waals surface area contributed by atoms with Crippen LogP contribution in [-0.4, -0.2) is 11.1 Å². The molecule has 92 valence electrons. The number of hydrogen-bond donors (Lipinski definition) is 1. The monoisotopic (exact) mass is 300 g/mol. The van der Waals surface area contributed by atoms with E-state index >= 15 is 0 Å². The highest BCUT2D eigenvalue weighted by molar-refractivity contribution is 9.10. The minimum absolute atomic E-state index is 0.00361. The summed E-state index contributed by atoms with van der Waals surface area (Å²) in [5.41, 5.74) is 1.11. The quantitative estimate of drug-likeness (QED) is 0.916. The molecule has 0 saturated heterocycles. The van der Waals surface area contributed by atoms with Crippen molar-refractivity contribution in [1.82, 2.24) is 0 Å². The van der Waals surface area contributed by atoms with Crippen LogP contribution >= 0.6 is 15.9 Å². The zero-order valence-electron chi connectivity index (χ0n) is 9.54. The molecule has 1 saturated carbocycles. The van der Waals surface area contributed by atoms with Crippen LogP contribution in [0.1, 0.15) is 36.3 Å². The minimum Gasteiger partial charge on any atom is -0.481 e. The fraction of sp³-hybridized carbons (Fsp3) is 0.462. The number of halogens is 2. The van der Waals surface area contributed by atoms with E-state index in [1.807, 2.05) is 0 Å². The van der Waals surface area contributed by atoms with Crippen LogP contribution in [0.3, 0.4) is 0 Å². The van der Waals surface area contributed by atoms with E-state index < -0.39 is 5.97 Å². The summed E-state index contributed by atoms with van der Waals surface area (Å²) < 4.78 is 14.8. The molecule has 0 radical (unpaired) electrons. The number of carboxylic acids is 1. The summed E-state index contributed by atoms with van der Waals surface area (Å²) in [4.78, 5) is 10.9. The lowest BCUT2D eigenvalue weighted by molar-refractivity contribution is -0.137. The lowest BCUT2D eigenvalue weighted by Gasteiger charge is -2.18. The van der Waals surface area contributed by atoms with Crippen LogP contribution in [0.4, 0.5) is 4.39 Å². The molecule has 0 aliphatic heterocycles. The lowest BCUT2D eigenvalue weighted by atomic mass is 9.89. The Labute approximate surface area is 108 Å². The molecule has 1 atom stereocenters. The predicted octanol–water partition coefficient (Wildman–Crippen LogP) is 3.86. The van der Waals surface area contributed by atoms with Crippen molar-refractivity contribution < 1.29 is 14.3 Å². The van der Waals surface area contributed by atoms with E-state index in [9.17, 15) is 9.18 Å². The lowest BCUT2D eigenvalue weighted by Crippen LogP contribution is -2.11. The molecule has 0 aromatic heterocycles. The SMILES string of the molecule is Cc1ccc(Br)c(C(CC(=O)O)C2CC2)c1F. The molecule has 2 rings (SSSR count). The van der Waals surface area contributed by atoms with E-state index in [1.165, 1.54) is 0 Å². The van der Waals surface area contributed by atoms with E-state index in [0.717, 1.165) is 12.8 Å².